The van der Waals surface area contributed by atoms with Gasteiger partial charge in [0.2, 0.25) is 0 Å². The van der Waals surface area contributed by atoms with Gasteiger partial charge in [-0.3, -0.25) is 9.48 Å². The maximum atomic E-state index is 12.3. The third-order valence-electron chi connectivity index (χ3n) is 4.48. The lowest BCUT2D eigenvalue weighted by Crippen LogP contribution is -2.25. The predicted molar refractivity (Wildman–Crippen MR) is 116 cm³/mol. The van der Waals surface area contributed by atoms with Crippen molar-refractivity contribution in [2.45, 2.75) is 33.4 Å². The van der Waals surface area contributed by atoms with Gasteiger partial charge in [-0.1, -0.05) is 35.3 Å². The second-order valence-corrected chi connectivity index (χ2v) is 7.70. The fourth-order valence-corrected chi connectivity index (χ4v) is 3.18. The van der Waals surface area contributed by atoms with Crippen LogP contribution in [0.3, 0.4) is 0 Å². The summed E-state index contributed by atoms with van der Waals surface area (Å²) >= 11 is 12.0. The maximum absolute atomic E-state index is 12.3. The van der Waals surface area contributed by atoms with Crippen molar-refractivity contribution in [3.8, 4) is 5.75 Å². The number of halogens is 2. The third kappa shape index (κ3) is 5.99. The smallest absolute Gasteiger partial charge is 0.251 e. The average Bonchev–Trinajstić information content (AvgIpc) is 3.13. The first-order valence-corrected chi connectivity index (χ1v) is 10.1. The maximum Gasteiger partial charge on any atom is 0.251 e. The minimum absolute atomic E-state index is 0.0973. The zero-order chi connectivity index (χ0) is 20.8. The average molecular weight is 432 g/mol. The molecule has 0 aliphatic carbocycles. The van der Waals surface area contributed by atoms with Crippen molar-refractivity contribution in [3.05, 3.63) is 81.1 Å². The van der Waals surface area contributed by atoms with Crippen LogP contribution in [-0.4, -0.2) is 22.2 Å². The highest BCUT2D eigenvalue weighted by atomic mass is 35.5. The van der Waals surface area contributed by atoms with E-state index in [4.69, 9.17) is 27.9 Å². The number of nitrogens with zero attached hydrogens (tertiary/aromatic N) is 2. The van der Waals surface area contributed by atoms with Gasteiger partial charge in [-0.2, -0.15) is 5.10 Å². The highest BCUT2D eigenvalue weighted by molar-refractivity contribution is 6.32. The number of nitrogens with one attached hydrogen (secondary N) is 1. The number of aromatic nitrogens is 2. The van der Waals surface area contributed by atoms with Gasteiger partial charge in [-0.25, -0.2) is 0 Å². The van der Waals surface area contributed by atoms with Crippen LogP contribution in [0.5, 0.6) is 5.75 Å². The molecule has 5 nitrogen and oxygen atoms in total. The van der Waals surface area contributed by atoms with Gasteiger partial charge in [0.1, 0.15) is 12.4 Å². The topological polar surface area (TPSA) is 56.1 Å². The zero-order valence-corrected chi connectivity index (χ0v) is 17.9. The van der Waals surface area contributed by atoms with E-state index < -0.39 is 0 Å². The van der Waals surface area contributed by atoms with Crippen LogP contribution in [0.15, 0.2) is 48.8 Å². The van der Waals surface area contributed by atoms with Crippen LogP contribution >= 0.6 is 23.2 Å². The van der Waals surface area contributed by atoms with Crippen LogP contribution in [0.25, 0.3) is 0 Å². The first-order valence-electron chi connectivity index (χ1n) is 9.37. The van der Waals surface area contributed by atoms with Gasteiger partial charge in [-0.05, 0) is 61.2 Å². The van der Waals surface area contributed by atoms with Crippen molar-refractivity contribution in [2.24, 2.45) is 0 Å². The molecule has 1 amide bonds. The fourth-order valence-electron chi connectivity index (χ4n) is 2.91. The number of benzene rings is 2. The van der Waals surface area contributed by atoms with E-state index in [0.29, 0.717) is 30.3 Å². The molecule has 0 unspecified atom stereocenters. The van der Waals surface area contributed by atoms with Crippen molar-refractivity contribution in [1.29, 1.82) is 0 Å². The summed E-state index contributed by atoms with van der Waals surface area (Å²) in [5, 5.41) is 8.40. The minimum atomic E-state index is -0.0973. The first-order chi connectivity index (χ1) is 13.9. The molecule has 0 atom stereocenters. The van der Waals surface area contributed by atoms with Crippen molar-refractivity contribution in [1.82, 2.24) is 15.1 Å². The first kappa shape index (κ1) is 21.2. The van der Waals surface area contributed by atoms with Gasteiger partial charge in [0.25, 0.3) is 5.91 Å². The summed E-state index contributed by atoms with van der Waals surface area (Å²) in [7, 11) is 0. The molecule has 0 bridgehead atoms. The molecule has 0 saturated heterocycles. The molecule has 0 radical (unpaired) electrons. The number of rotatable bonds is 8. The van der Waals surface area contributed by atoms with Crippen LogP contribution in [-0.2, 0) is 13.2 Å². The van der Waals surface area contributed by atoms with Crippen molar-refractivity contribution in [2.75, 3.05) is 6.54 Å². The lowest BCUT2D eigenvalue weighted by molar-refractivity contribution is 0.0952. The van der Waals surface area contributed by atoms with Crippen LogP contribution in [0.1, 0.15) is 33.5 Å². The third-order valence-corrected chi connectivity index (χ3v) is 5.27. The van der Waals surface area contributed by atoms with E-state index in [9.17, 15) is 4.79 Å². The van der Waals surface area contributed by atoms with Gasteiger partial charge in [0, 0.05) is 29.9 Å². The van der Waals surface area contributed by atoms with Crippen molar-refractivity contribution >= 4 is 29.1 Å². The Labute approximate surface area is 180 Å². The number of carbonyl (C=O) groups is 1. The lowest BCUT2D eigenvalue weighted by atomic mass is 10.1. The molecule has 0 aliphatic heterocycles. The number of hydrogen-bond acceptors (Lipinski definition) is 3. The zero-order valence-electron chi connectivity index (χ0n) is 16.4. The molecule has 2 aromatic carbocycles. The summed E-state index contributed by atoms with van der Waals surface area (Å²) < 4.78 is 7.61. The highest BCUT2D eigenvalue weighted by Crippen LogP contribution is 2.26. The van der Waals surface area contributed by atoms with E-state index in [-0.39, 0.29) is 5.91 Å². The Kier molecular flexibility index (Phi) is 7.18. The molecule has 3 rings (SSSR count). The Balaban J connectivity index is 1.46. The number of ether oxygens (including phenoxy) is 1. The molecule has 0 fully saturated rings. The largest absolute Gasteiger partial charge is 0.489 e. The van der Waals surface area contributed by atoms with E-state index in [1.165, 1.54) is 0 Å². The quantitative estimate of drug-likeness (QED) is 0.498. The van der Waals surface area contributed by atoms with Crippen LogP contribution in [0, 0.1) is 13.8 Å². The Bertz CT molecular complexity index is 961. The van der Waals surface area contributed by atoms with E-state index in [1.54, 1.807) is 29.2 Å². The van der Waals surface area contributed by atoms with E-state index in [1.807, 2.05) is 38.1 Å². The molecule has 0 saturated carbocycles. The van der Waals surface area contributed by atoms with Gasteiger partial charge in [-0.15, -0.1) is 0 Å². The summed E-state index contributed by atoms with van der Waals surface area (Å²) in [6, 6.07) is 11.3. The Hall–Kier alpha value is -2.50. The summed E-state index contributed by atoms with van der Waals surface area (Å²) in [6.07, 6.45) is 4.13. The van der Waals surface area contributed by atoms with E-state index in [0.717, 1.165) is 33.9 Å². The van der Waals surface area contributed by atoms with Crippen LogP contribution in [0.4, 0.5) is 0 Å². The molecule has 1 aromatic heterocycles. The van der Waals surface area contributed by atoms with Gasteiger partial charge < -0.3 is 10.1 Å². The minimum Gasteiger partial charge on any atom is -0.489 e. The van der Waals surface area contributed by atoms with E-state index >= 15 is 0 Å². The second kappa shape index (κ2) is 9.81. The standard InChI is InChI=1S/C22H23Cl2N3O2/c1-15-10-20(11-16(2)21(15)24)29-14-17-4-6-18(7-5-17)22(28)25-8-3-9-27-13-19(23)12-26-27/h4-7,10-13H,3,8-9,14H2,1-2H3,(H,25,28). The highest BCUT2D eigenvalue weighted by Gasteiger charge is 2.07. The molecule has 152 valence electrons. The number of aryl methyl sites for hydroxylation is 3. The SMILES string of the molecule is Cc1cc(OCc2ccc(C(=O)NCCCn3cc(Cl)cn3)cc2)cc(C)c1Cl. The molecule has 0 spiro atoms. The van der Waals surface area contributed by atoms with Crippen LogP contribution < -0.4 is 10.1 Å². The summed E-state index contributed by atoms with van der Waals surface area (Å²) in [6.45, 7) is 5.61. The Morgan fingerprint density at radius 1 is 1.14 bits per heavy atom. The van der Waals surface area contributed by atoms with Crippen molar-refractivity contribution < 1.29 is 9.53 Å². The molecule has 1 heterocycles. The Morgan fingerprint density at radius 3 is 2.45 bits per heavy atom. The molecule has 3 aromatic rings. The second-order valence-electron chi connectivity index (χ2n) is 6.89. The van der Waals surface area contributed by atoms with Crippen LogP contribution in [0.2, 0.25) is 10.0 Å². The molecule has 29 heavy (non-hydrogen) atoms. The Morgan fingerprint density at radius 2 is 1.83 bits per heavy atom. The molecule has 7 heteroatoms. The molecule has 0 aliphatic rings. The lowest BCUT2D eigenvalue weighted by Gasteiger charge is -2.11. The number of carbonyl (C=O) groups excluding carboxylic acids is 1. The molecular formula is C22H23Cl2N3O2. The number of amides is 1. The summed E-state index contributed by atoms with van der Waals surface area (Å²) in [5.74, 6) is 0.685. The van der Waals surface area contributed by atoms with Gasteiger partial charge in [0.15, 0.2) is 0 Å². The molecular weight excluding hydrogens is 409 g/mol. The van der Waals surface area contributed by atoms with E-state index in [2.05, 4.69) is 10.4 Å². The normalized spacial score (nSPS) is 10.8. The summed E-state index contributed by atoms with van der Waals surface area (Å²) in [4.78, 5) is 12.3. The van der Waals surface area contributed by atoms with Gasteiger partial charge in [0.05, 0.1) is 11.2 Å². The predicted octanol–water partition coefficient (Wildman–Crippen LogP) is 5.21. The monoisotopic (exact) mass is 431 g/mol. The van der Waals surface area contributed by atoms with Crippen molar-refractivity contribution in [3.63, 3.8) is 0 Å². The summed E-state index contributed by atoms with van der Waals surface area (Å²) in [5.41, 5.74) is 3.59. The molecule has 1 N–H and O–H groups in total. The fraction of sp³-hybridized carbons (Fsp3) is 0.273. The van der Waals surface area contributed by atoms with Gasteiger partial charge >= 0.3 is 0 Å². The number of hydrogen-bond donors (Lipinski definition) is 1.